The van der Waals surface area contributed by atoms with Crippen LogP contribution in [0.4, 0.5) is 5.69 Å². The number of amides is 1. The van der Waals surface area contributed by atoms with Crippen molar-refractivity contribution in [1.29, 1.82) is 0 Å². The lowest BCUT2D eigenvalue weighted by molar-refractivity contribution is -0.117. The van der Waals surface area contributed by atoms with Gasteiger partial charge in [0.15, 0.2) is 0 Å². The molecule has 3 heterocycles. The average molecular weight is 412 g/mol. The maximum atomic E-state index is 12.9. The molecule has 156 valence electrons. The summed E-state index contributed by atoms with van der Waals surface area (Å²) in [6.45, 7) is 3.87. The van der Waals surface area contributed by atoms with E-state index in [9.17, 15) is 4.79 Å². The molecule has 0 bridgehead atoms. The Balaban J connectivity index is 1.47. The molecule has 0 unspecified atom stereocenters. The molecular formula is C25H24N4O2. The lowest BCUT2D eigenvalue weighted by atomic mass is 10.1. The average Bonchev–Trinajstić information content (AvgIpc) is 3.36. The number of carbonyl (C=O) groups excluding carboxylic acids is 1. The first-order chi connectivity index (χ1) is 15.2. The predicted molar refractivity (Wildman–Crippen MR) is 120 cm³/mol. The van der Waals surface area contributed by atoms with Gasteiger partial charge in [-0.25, -0.2) is 4.98 Å². The van der Waals surface area contributed by atoms with E-state index in [-0.39, 0.29) is 11.8 Å². The van der Waals surface area contributed by atoms with Crippen LogP contribution >= 0.6 is 0 Å². The highest BCUT2D eigenvalue weighted by atomic mass is 16.5. The Morgan fingerprint density at radius 1 is 1.06 bits per heavy atom. The van der Waals surface area contributed by atoms with Gasteiger partial charge in [0, 0.05) is 37.0 Å². The van der Waals surface area contributed by atoms with Crippen molar-refractivity contribution in [2.24, 2.45) is 0 Å². The van der Waals surface area contributed by atoms with E-state index in [1.165, 1.54) is 0 Å². The van der Waals surface area contributed by atoms with Gasteiger partial charge in [0.2, 0.25) is 5.91 Å². The number of aromatic nitrogens is 3. The van der Waals surface area contributed by atoms with Crippen molar-refractivity contribution >= 4 is 22.6 Å². The van der Waals surface area contributed by atoms with E-state index in [0.717, 1.165) is 33.9 Å². The molecule has 6 heteroatoms. The monoisotopic (exact) mass is 412 g/mol. The first-order valence-electron chi connectivity index (χ1n) is 10.6. The van der Waals surface area contributed by atoms with Gasteiger partial charge >= 0.3 is 0 Å². The summed E-state index contributed by atoms with van der Waals surface area (Å²) in [5.41, 5.74) is 4.03. The number of imidazole rings is 1. The number of carbonyl (C=O) groups is 1. The zero-order chi connectivity index (χ0) is 21.2. The molecule has 0 spiro atoms. The van der Waals surface area contributed by atoms with Gasteiger partial charge in [-0.3, -0.25) is 9.78 Å². The summed E-state index contributed by atoms with van der Waals surface area (Å²) < 4.78 is 7.75. The van der Waals surface area contributed by atoms with Crippen LogP contribution < -0.4 is 9.64 Å². The van der Waals surface area contributed by atoms with E-state index < -0.39 is 0 Å². The Hall–Kier alpha value is -3.67. The van der Waals surface area contributed by atoms with Crippen molar-refractivity contribution < 1.29 is 9.53 Å². The Kier molecular flexibility index (Phi) is 5.12. The first-order valence-corrected chi connectivity index (χ1v) is 10.6. The fraction of sp³-hybridized carbons (Fsp3) is 0.240. The minimum atomic E-state index is 0.0307. The van der Waals surface area contributed by atoms with Gasteiger partial charge in [-0.15, -0.1) is 0 Å². The number of anilines is 1. The fourth-order valence-corrected chi connectivity index (χ4v) is 4.27. The molecule has 4 aromatic rings. The number of hydrogen-bond donors (Lipinski definition) is 0. The second-order valence-electron chi connectivity index (χ2n) is 7.74. The van der Waals surface area contributed by atoms with Gasteiger partial charge < -0.3 is 14.2 Å². The molecule has 1 aliphatic heterocycles. The maximum Gasteiger partial charge on any atom is 0.227 e. The van der Waals surface area contributed by atoms with E-state index in [1.807, 2.05) is 66.6 Å². The van der Waals surface area contributed by atoms with Crippen LogP contribution in [0.2, 0.25) is 0 Å². The molecule has 31 heavy (non-hydrogen) atoms. The van der Waals surface area contributed by atoms with Gasteiger partial charge in [-0.2, -0.15) is 0 Å². The van der Waals surface area contributed by atoms with Crippen molar-refractivity contribution in [3.63, 3.8) is 0 Å². The number of fused-ring (bicyclic) bond motifs is 1. The molecule has 0 aliphatic carbocycles. The summed E-state index contributed by atoms with van der Waals surface area (Å²) in [5, 5.41) is 0. The third-order valence-corrected chi connectivity index (χ3v) is 5.70. The van der Waals surface area contributed by atoms with Crippen molar-refractivity contribution in [1.82, 2.24) is 14.5 Å². The highest BCUT2D eigenvalue weighted by Gasteiger charge is 2.34. The smallest absolute Gasteiger partial charge is 0.227 e. The molecule has 0 saturated carbocycles. The van der Waals surface area contributed by atoms with Crippen LogP contribution in [-0.4, -0.2) is 33.6 Å². The second-order valence-corrected chi connectivity index (χ2v) is 7.74. The lowest BCUT2D eigenvalue weighted by Gasteiger charge is -2.18. The van der Waals surface area contributed by atoms with Crippen molar-refractivity contribution in [3.8, 4) is 5.75 Å². The highest BCUT2D eigenvalue weighted by molar-refractivity contribution is 5.96. The van der Waals surface area contributed by atoms with Crippen LogP contribution in [0.5, 0.6) is 5.75 Å². The topological polar surface area (TPSA) is 60.2 Å². The largest absolute Gasteiger partial charge is 0.494 e. The van der Waals surface area contributed by atoms with Crippen LogP contribution in [0.25, 0.3) is 11.0 Å². The third kappa shape index (κ3) is 3.77. The van der Waals surface area contributed by atoms with Crippen LogP contribution in [0.15, 0.2) is 73.1 Å². The summed E-state index contributed by atoms with van der Waals surface area (Å²) in [7, 11) is 0. The fourth-order valence-electron chi connectivity index (χ4n) is 4.27. The van der Waals surface area contributed by atoms with Crippen LogP contribution in [0.3, 0.4) is 0 Å². The minimum absolute atomic E-state index is 0.0307. The highest BCUT2D eigenvalue weighted by Crippen LogP contribution is 2.34. The van der Waals surface area contributed by atoms with Crippen LogP contribution in [0, 0.1) is 0 Å². The van der Waals surface area contributed by atoms with Crippen LogP contribution in [0.1, 0.15) is 30.7 Å². The molecule has 0 N–H and O–H groups in total. The predicted octanol–water partition coefficient (Wildman–Crippen LogP) is 4.40. The number of hydrogen-bond acceptors (Lipinski definition) is 4. The lowest BCUT2D eigenvalue weighted by Crippen LogP contribution is -2.24. The quantitative estimate of drug-likeness (QED) is 0.471. The van der Waals surface area contributed by atoms with Gasteiger partial charge in [0.1, 0.15) is 11.6 Å². The Morgan fingerprint density at radius 3 is 2.68 bits per heavy atom. The number of nitrogens with zero attached hydrogens (tertiary/aromatic N) is 4. The number of pyridine rings is 1. The standard InChI is InChI=1S/C25H24N4O2/c1-2-31-21-11-9-20(10-12-21)28-17-19(14-24(28)30)25-27-22-7-3-4-8-23(22)29(25)16-18-6-5-13-26-15-18/h3-13,15,19H,2,14,16-17H2,1H3/t19-/m1/s1. The SMILES string of the molecule is CCOc1ccc(N2C[C@H](c3nc4ccccc4n3Cc3cccnc3)CC2=O)cc1. The molecule has 1 saturated heterocycles. The summed E-state index contributed by atoms with van der Waals surface area (Å²) in [6, 6.07) is 19.9. The Labute approximate surface area is 181 Å². The molecule has 1 atom stereocenters. The summed E-state index contributed by atoms with van der Waals surface area (Å²) in [6.07, 6.45) is 4.11. The molecule has 6 nitrogen and oxygen atoms in total. The summed E-state index contributed by atoms with van der Waals surface area (Å²) in [5.74, 6) is 1.91. The molecule has 1 aliphatic rings. The van der Waals surface area contributed by atoms with Gasteiger partial charge in [-0.1, -0.05) is 18.2 Å². The second kappa shape index (κ2) is 8.22. The molecular weight excluding hydrogens is 388 g/mol. The summed E-state index contributed by atoms with van der Waals surface area (Å²) >= 11 is 0. The van der Waals surface area contributed by atoms with E-state index in [2.05, 4.69) is 21.7 Å². The van der Waals surface area contributed by atoms with Gasteiger partial charge in [-0.05, 0) is 55.0 Å². The molecule has 1 amide bonds. The van der Waals surface area contributed by atoms with E-state index >= 15 is 0 Å². The van der Waals surface area contributed by atoms with Gasteiger partial charge in [0.05, 0.1) is 24.2 Å². The normalized spacial score (nSPS) is 16.2. The summed E-state index contributed by atoms with van der Waals surface area (Å²) in [4.78, 5) is 23.9. The molecule has 2 aromatic carbocycles. The van der Waals surface area contributed by atoms with Crippen molar-refractivity contribution in [2.45, 2.75) is 25.8 Å². The molecule has 0 radical (unpaired) electrons. The number of rotatable bonds is 6. The third-order valence-electron chi connectivity index (χ3n) is 5.70. The number of benzene rings is 2. The zero-order valence-corrected chi connectivity index (χ0v) is 17.4. The van der Waals surface area contributed by atoms with Gasteiger partial charge in [0.25, 0.3) is 0 Å². The number of ether oxygens (including phenoxy) is 1. The molecule has 2 aromatic heterocycles. The first kappa shape index (κ1) is 19.3. The van der Waals surface area contributed by atoms with Crippen molar-refractivity contribution in [3.05, 3.63) is 84.4 Å². The Bertz CT molecular complexity index is 1200. The maximum absolute atomic E-state index is 12.9. The van der Waals surface area contributed by atoms with Crippen LogP contribution in [-0.2, 0) is 11.3 Å². The zero-order valence-electron chi connectivity index (χ0n) is 17.4. The van der Waals surface area contributed by atoms with Crippen molar-refractivity contribution in [2.75, 3.05) is 18.1 Å². The van der Waals surface area contributed by atoms with E-state index in [4.69, 9.17) is 9.72 Å². The minimum Gasteiger partial charge on any atom is -0.494 e. The molecule has 1 fully saturated rings. The van der Waals surface area contributed by atoms with E-state index in [0.29, 0.717) is 26.1 Å². The molecule has 5 rings (SSSR count). The number of para-hydroxylation sites is 2. The Morgan fingerprint density at radius 2 is 1.90 bits per heavy atom. The van der Waals surface area contributed by atoms with E-state index in [1.54, 1.807) is 6.20 Å².